The van der Waals surface area contributed by atoms with Gasteiger partial charge in [-0.3, -0.25) is 15.6 Å². The lowest BCUT2D eigenvalue weighted by Crippen LogP contribution is -2.43. The number of aryl methyl sites for hydroxylation is 1. The summed E-state index contributed by atoms with van der Waals surface area (Å²) in [6.07, 6.45) is 0.705. The van der Waals surface area contributed by atoms with E-state index in [0.29, 0.717) is 22.5 Å². The van der Waals surface area contributed by atoms with Crippen LogP contribution in [0.25, 0.3) is 10.1 Å². The zero-order valence-electron chi connectivity index (χ0n) is 15.5. The number of methoxy groups -OCH3 is 1. The summed E-state index contributed by atoms with van der Waals surface area (Å²) < 4.78 is 5.94. The molecule has 3 N–H and O–H groups in total. The van der Waals surface area contributed by atoms with E-state index in [0.717, 1.165) is 20.5 Å². The second kappa shape index (κ2) is 8.68. The minimum absolute atomic E-state index is 0.182. The monoisotopic (exact) mass is 433 g/mol. The van der Waals surface area contributed by atoms with Gasteiger partial charge in [0.25, 0.3) is 5.91 Å². The number of hydrazine groups is 1. The van der Waals surface area contributed by atoms with E-state index >= 15 is 0 Å². The molecule has 0 spiro atoms. The van der Waals surface area contributed by atoms with Crippen molar-refractivity contribution in [3.8, 4) is 0 Å². The number of hydrogen-bond donors (Lipinski definition) is 3. The molecule has 6 nitrogen and oxygen atoms in total. The Balaban J connectivity index is 1.69. The molecule has 0 bridgehead atoms. The smallest absolute Gasteiger partial charge is 0.341 e. The van der Waals surface area contributed by atoms with Crippen LogP contribution in [-0.2, 0) is 11.2 Å². The fourth-order valence-corrected chi connectivity index (χ4v) is 5.18. The summed E-state index contributed by atoms with van der Waals surface area (Å²) in [4.78, 5) is 25.7. The van der Waals surface area contributed by atoms with Gasteiger partial charge in [-0.15, -0.1) is 22.7 Å². The summed E-state index contributed by atoms with van der Waals surface area (Å²) in [7, 11) is 1.35. The van der Waals surface area contributed by atoms with Crippen molar-refractivity contribution in [1.82, 2.24) is 10.9 Å². The minimum atomic E-state index is -0.416. The summed E-state index contributed by atoms with van der Waals surface area (Å²) in [6.45, 7) is 3.92. The Kier molecular flexibility index (Phi) is 6.28. The van der Waals surface area contributed by atoms with Gasteiger partial charge in [-0.25, -0.2) is 4.79 Å². The van der Waals surface area contributed by atoms with Crippen molar-refractivity contribution in [3.63, 3.8) is 0 Å². The normalized spacial score (nSPS) is 10.5. The highest BCUT2D eigenvalue weighted by Gasteiger charge is 2.22. The third-order valence-electron chi connectivity index (χ3n) is 4.19. The zero-order valence-corrected chi connectivity index (χ0v) is 18.0. The van der Waals surface area contributed by atoms with Crippen molar-refractivity contribution >= 4 is 67.0 Å². The molecule has 0 atom stereocenters. The number of esters is 1. The first kappa shape index (κ1) is 20.2. The first-order valence-electron chi connectivity index (χ1n) is 8.50. The van der Waals surface area contributed by atoms with E-state index in [1.54, 1.807) is 0 Å². The molecule has 0 saturated carbocycles. The van der Waals surface area contributed by atoms with Crippen molar-refractivity contribution < 1.29 is 14.3 Å². The van der Waals surface area contributed by atoms with E-state index in [2.05, 4.69) is 16.2 Å². The highest BCUT2D eigenvalue weighted by molar-refractivity contribution is 7.80. The number of thiocarbonyl (C=S) groups is 1. The molecule has 1 aromatic carbocycles. The largest absolute Gasteiger partial charge is 0.465 e. The third-order valence-corrected chi connectivity index (χ3v) is 6.42. The van der Waals surface area contributed by atoms with Crippen LogP contribution >= 0.6 is 34.9 Å². The van der Waals surface area contributed by atoms with Gasteiger partial charge in [-0.05, 0) is 37.2 Å². The SMILES string of the molecule is CCc1c(C)sc(NC(=S)NNC(=O)c2csc3ccccc23)c1C(=O)OC. The van der Waals surface area contributed by atoms with Gasteiger partial charge in [0.15, 0.2) is 5.11 Å². The van der Waals surface area contributed by atoms with Gasteiger partial charge in [0.05, 0.1) is 18.2 Å². The summed E-state index contributed by atoms with van der Waals surface area (Å²) >= 11 is 8.20. The summed E-state index contributed by atoms with van der Waals surface area (Å²) in [5.74, 6) is -0.702. The number of carbonyl (C=O) groups excluding carboxylic acids is 2. The molecule has 0 unspecified atom stereocenters. The second-order valence-electron chi connectivity index (χ2n) is 5.86. The number of thiophene rings is 2. The van der Waals surface area contributed by atoms with Crippen LogP contribution < -0.4 is 16.2 Å². The van der Waals surface area contributed by atoms with Gasteiger partial charge in [-0.1, -0.05) is 25.1 Å². The van der Waals surface area contributed by atoms with Gasteiger partial charge < -0.3 is 10.1 Å². The highest BCUT2D eigenvalue weighted by atomic mass is 32.1. The number of amides is 1. The average Bonchev–Trinajstić information content (AvgIpc) is 3.26. The van der Waals surface area contributed by atoms with Crippen LogP contribution in [0.15, 0.2) is 29.6 Å². The number of nitrogens with one attached hydrogen (secondary N) is 3. The van der Waals surface area contributed by atoms with Gasteiger partial charge in [0, 0.05) is 20.3 Å². The lowest BCUT2D eigenvalue weighted by Gasteiger charge is -2.11. The minimum Gasteiger partial charge on any atom is -0.465 e. The Hall–Kier alpha value is -2.49. The number of carbonyl (C=O) groups is 2. The summed E-state index contributed by atoms with van der Waals surface area (Å²) in [5.41, 5.74) is 7.27. The van der Waals surface area contributed by atoms with Crippen LogP contribution in [0.3, 0.4) is 0 Å². The summed E-state index contributed by atoms with van der Waals surface area (Å²) in [5, 5.41) is 6.46. The molecule has 2 heterocycles. The van der Waals surface area contributed by atoms with Crippen LogP contribution in [0.5, 0.6) is 0 Å². The molecule has 146 valence electrons. The van der Waals surface area contributed by atoms with Crippen LogP contribution in [-0.4, -0.2) is 24.1 Å². The molecule has 9 heteroatoms. The van der Waals surface area contributed by atoms with E-state index in [1.165, 1.54) is 29.8 Å². The van der Waals surface area contributed by atoms with Crippen LogP contribution in [0.2, 0.25) is 0 Å². The topological polar surface area (TPSA) is 79.5 Å². The maximum atomic E-state index is 12.5. The molecule has 3 aromatic rings. The summed E-state index contributed by atoms with van der Waals surface area (Å²) in [6, 6.07) is 7.70. The Morgan fingerprint density at radius 3 is 2.68 bits per heavy atom. The Bertz CT molecular complexity index is 1060. The zero-order chi connectivity index (χ0) is 20.3. The third kappa shape index (κ3) is 4.01. The van der Waals surface area contributed by atoms with E-state index in [1.807, 2.05) is 43.5 Å². The lowest BCUT2D eigenvalue weighted by molar-refractivity contribution is 0.0601. The van der Waals surface area contributed by atoms with Crippen molar-refractivity contribution in [2.45, 2.75) is 20.3 Å². The van der Waals surface area contributed by atoms with Crippen LogP contribution in [0.4, 0.5) is 5.00 Å². The average molecular weight is 434 g/mol. The molecule has 0 fully saturated rings. The van der Waals surface area contributed by atoms with Crippen molar-refractivity contribution in [3.05, 3.63) is 51.2 Å². The molecular formula is C19H19N3O3S3. The molecule has 2 aromatic heterocycles. The number of anilines is 1. The Labute approximate surface area is 175 Å². The fraction of sp³-hybridized carbons (Fsp3) is 0.211. The highest BCUT2D eigenvalue weighted by Crippen LogP contribution is 2.34. The number of rotatable bonds is 4. The Morgan fingerprint density at radius 2 is 1.96 bits per heavy atom. The molecule has 28 heavy (non-hydrogen) atoms. The Morgan fingerprint density at radius 1 is 1.21 bits per heavy atom. The molecule has 1 amide bonds. The number of hydrogen-bond acceptors (Lipinski definition) is 6. The molecule has 0 aliphatic rings. The van der Waals surface area contributed by atoms with Crippen molar-refractivity contribution in [2.24, 2.45) is 0 Å². The van der Waals surface area contributed by atoms with Gasteiger partial charge in [-0.2, -0.15) is 0 Å². The molecule has 3 rings (SSSR count). The van der Waals surface area contributed by atoms with Crippen LogP contribution in [0, 0.1) is 6.92 Å². The maximum absolute atomic E-state index is 12.5. The predicted octanol–water partition coefficient (Wildman–Crippen LogP) is 4.25. The number of fused-ring (bicyclic) bond motifs is 1. The van der Waals surface area contributed by atoms with E-state index in [4.69, 9.17) is 17.0 Å². The lowest BCUT2D eigenvalue weighted by atomic mass is 10.1. The molecule has 0 radical (unpaired) electrons. The van der Waals surface area contributed by atoms with Gasteiger partial charge >= 0.3 is 5.97 Å². The molecule has 0 saturated heterocycles. The van der Waals surface area contributed by atoms with Crippen molar-refractivity contribution in [1.29, 1.82) is 0 Å². The van der Waals surface area contributed by atoms with Crippen LogP contribution in [0.1, 0.15) is 38.1 Å². The molecule has 0 aliphatic carbocycles. The van der Waals surface area contributed by atoms with Gasteiger partial charge in [0.1, 0.15) is 5.00 Å². The molecule has 0 aliphatic heterocycles. The fourth-order valence-electron chi connectivity index (χ4n) is 2.88. The number of ether oxygens (including phenoxy) is 1. The van der Waals surface area contributed by atoms with Crippen molar-refractivity contribution in [2.75, 3.05) is 12.4 Å². The van der Waals surface area contributed by atoms with Gasteiger partial charge in [0.2, 0.25) is 0 Å². The second-order valence-corrected chi connectivity index (χ2v) is 8.41. The van der Waals surface area contributed by atoms with E-state index < -0.39 is 5.97 Å². The number of benzene rings is 1. The van der Waals surface area contributed by atoms with E-state index in [-0.39, 0.29) is 11.0 Å². The first-order valence-corrected chi connectivity index (χ1v) is 10.6. The maximum Gasteiger partial charge on any atom is 0.341 e. The standard InChI is InChI=1S/C19H19N3O3S3/c1-4-11-10(2)28-17(15(11)18(24)25-3)20-19(26)22-21-16(23)13-9-27-14-8-6-5-7-12(13)14/h5-9H,4H2,1-3H3,(H,21,23)(H2,20,22,26). The quantitative estimate of drug-likeness (QED) is 0.324. The van der Waals surface area contributed by atoms with E-state index in [9.17, 15) is 9.59 Å². The first-order chi connectivity index (χ1) is 13.5. The molecular weight excluding hydrogens is 414 g/mol. The predicted molar refractivity (Wildman–Crippen MR) is 118 cm³/mol.